The summed E-state index contributed by atoms with van der Waals surface area (Å²) in [5.41, 5.74) is 1.47. The Morgan fingerprint density at radius 3 is 2.53 bits per heavy atom. The second kappa shape index (κ2) is 8.48. The Morgan fingerprint density at radius 1 is 1.03 bits per heavy atom. The molecule has 0 radical (unpaired) electrons. The summed E-state index contributed by atoms with van der Waals surface area (Å²) in [4.78, 5) is 30.1. The van der Waals surface area contributed by atoms with Gasteiger partial charge in [-0.15, -0.1) is 16.4 Å². The maximum Gasteiger partial charge on any atom is 0.295 e. The van der Waals surface area contributed by atoms with E-state index in [2.05, 4.69) is 20.7 Å². The summed E-state index contributed by atoms with van der Waals surface area (Å²) in [6, 6.07) is 18.0. The minimum atomic E-state index is -0.493. The third-order valence-corrected chi connectivity index (χ3v) is 5.44. The van der Waals surface area contributed by atoms with Crippen LogP contribution in [0.3, 0.4) is 0 Å². The smallest absolute Gasteiger partial charge is 0.295 e. The fourth-order valence-electron chi connectivity index (χ4n) is 2.82. The van der Waals surface area contributed by atoms with E-state index >= 15 is 0 Å². The van der Waals surface area contributed by atoms with Crippen molar-refractivity contribution in [3.8, 4) is 16.4 Å². The highest BCUT2D eigenvalue weighted by molar-refractivity contribution is 7.13. The standard InChI is InChI=1S/C21H16ClN5O2S/c1-23-20(28)15-12-13(9-10-16(15)22)24-21(29)18-25-19(17-8-5-11-30-17)27(26-18)14-6-3-2-4-7-14/h2-12H,1H3,(H,23,28)(H,24,29). The van der Waals surface area contributed by atoms with Gasteiger partial charge in [0.1, 0.15) is 0 Å². The summed E-state index contributed by atoms with van der Waals surface area (Å²) in [6.45, 7) is 0. The van der Waals surface area contributed by atoms with Crippen molar-refractivity contribution in [3.63, 3.8) is 0 Å². The van der Waals surface area contributed by atoms with Crippen LogP contribution in [0.4, 0.5) is 5.69 Å². The lowest BCUT2D eigenvalue weighted by Gasteiger charge is -2.07. The molecular formula is C21H16ClN5O2S. The van der Waals surface area contributed by atoms with E-state index in [0.29, 0.717) is 16.5 Å². The third kappa shape index (κ3) is 3.96. The molecule has 0 atom stereocenters. The number of nitrogens with zero attached hydrogens (tertiary/aromatic N) is 3. The first kappa shape index (κ1) is 19.8. The molecule has 7 nitrogen and oxygen atoms in total. The highest BCUT2D eigenvalue weighted by Gasteiger charge is 2.20. The second-order valence-corrected chi connectivity index (χ2v) is 7.57. The lowest BCUT2D eigenvalue weighted by Crippen LogP contribution is -2.19. The van der Waals surface area contributed by atoms with Gasteiger partial charge in [-0.25, -0.2) is 9.67 Å². The Labute approximate surface area is 181 Å². The minimum absolute atomic E-state index is 0.0127. The van der Waals surface area contributed by atoms with Crippen LogP contribution < -0.4 is 10.6 Å². The van der Waals surface area contributed by atoms with Crippen molar-refractivity contribution in [1.82, 2.24) is 20.1 Å². The first-order valence-corrected chi connectivity index (χ1v) is 10.2. The molecule has 2 amide bonds. The predicted octanol–water partition coefficient (Wildman–Crippen LogP) is 4.26. The zero-order valence-corrected chi connectivity index (χ0v) is 17.4. The van der Waals surface area contributed by atoms with Crippen LogP contribution in [0.25, 0.3) is 16.4 Å². The van der Waals surface area contributed by atoms with Crippen LogP contribution in [0.2, 0.25) is 5.02 Å². The van der Waals surface area contributed by atoms with Gasteiger partial charge in [-0.1, -0.05) is 35.9 Å². The molecular weight excluding hydrogens is 422 g/mol. The van der Waals surface area contributed by atoms with Gasteiger partial charge in [-0.3, -0.25) is 9.59 Å². The maximum absolute atomic E-state index is 12.8. The van der Waals surface area contributed by atoms with Crippen LogP contribution in [-0.2, 0) is 0 Å². The molecule has 4 rings (SSSR count). The number of anilines is 1. The molecule has 0 aliphatic heterocycles. The van der Waals surface area contributed by atoms with Crippen LogP contribution >= 0.6 is 22.9 Å². The number of para-hydroxylation sites is 1. The van der Waals surface area contributed by atoms with Gasteiger partial charge >= 0.3 is 0 Å². The molecule has 2 heterocycles. The zero-order chi connectivity index (χ0) is 21.1. The highest BCUT2D eigenvalue weighted by Crippen LogP contribution is 2.26. The molecule has 0 bridgehead atoms. The number of amides is 2. The summed E-state index contributed by atoms with van der Waals surface area (Å²) in [5, 5.41) is 11.9. The maximum atomic E-state index is 12.8. The van der Waals surface area contributed by atoms with Crippen molar-refractivity contribution in [2.24, 2.45) is 0 Å². The quantitative estimate of drug-likeness (QED) is 0.488. The van der Waals surface area contributed by atoms with Gasteiger partial charge in [-0.05, 0) is 41.8 Å². The summed E-state index contributed by atoms with van der Waals surface area (Å²) < 4.78 is 1.64. The number of hydrogen-bond donors (Lipinski definition) is 2. The number of benzene rings is 2. The van der Waals surface area contributed by atoms with E-state index in [1.54, 1.807) is 16.8 Å². The van der Waals surface area contributed by atoms with Gasteiger partial charge in [0.25, 0.3) is 11.8 Å². The largest absolute Gasteiger partial charge is 0.355 e. The van der Waals surface area contributed by atoms with Gasteiger partial charge in [0.05, 0.1) is 21.2 Å². The molecule has 0 fully saturated rings. The minimum Gasteiger partial charge on any atom is -0.355 e. The second-order valence-electron chi connectivity index (χ2n) is 6.21. The van der Waals surface area contributed by atoms with Crippen LogP contribution in [0.5, 0.6) is 0 Å². The fraction of sp³-hybridized carbons (Fsp3) is 0.0476. The summed E-state index contributed by atoms with van der Waals surface area (Å²) in [7, 11) is 1.51. The molecule has 2 aromatic carbocycles. The average molecular weight is 438 g/mol. The van der Waals surface area contributed by atoms with Crippen LogP contribution in [0, 0.1) is 0 Å². The average Bonchev–Trinajstić information content (AvgIpc) is 3.45. The van der Waals surface area contributed by atoms with Crippen molar-refractivity contribution in [2.75, 3.05) is 12.4 Å². The molecule has 150 valence electrons. The molecule has 30 heavy (non-hydrogen) atoms. The molecule has 0 aliphatic carbocycles. The molecule has 2 aromatic heterocycles. The Balaban J connectivity index is 1.68. The first-order chi connectivity index (χ1) is 14.6. The lowest BCUT2D eigenvalue weighted by atomic mass is 10.2. The summed E-state index contributed by atoms with van der Waals surface area (Å²) in [5.74, 6) is -0.252. The van der Waals surface area contributed by atoms with E-state index in [-0.39, 0.29) is 17.3 Å². The molecule has 9 heteroatoms. The highest BCUT2D eigenvalue weighted by atomic mass is 35.5. The summed E-state index contributed by atoms with van der Waals surface area (Å²) in [6.07, 6.45) is 0. The van der Waals surface area contributed by atoms with E-state index < -0.39 is 5.91 Å². The molecule has 0 saturated carbocycles. The number of thiophene rings is 1. The van der Waals surface area contributed by atoms with E-state index in [1.165, 1.54) is 24.5 Å². The fourth-order valence-corrected chi connectivity index (χ4v) is 3.72. The first-order valence-electron chi connectivity index (χ1n) is 8.96. The van der Waals surface area contributed by atoms with Gasteiger partial charge < -0.3 is 10.6 Å². The number of nitrogens with one attached hydrogen (secondary N) is 2. The molecule has 4 aromatic rings. The Kier molecular flexibility index (Phi) is 5.60. The van der Waals surface area contributed by atoms with E-state index in [1.807, 2.05) is 47.8 Å². The molecule has 0 aliphatic rings. The molecule has 0 saturated heterocycles. The molecule has 2 N–H and O–H groups in total. The van der Waals surface area contributed by atoms with Crippen molar-refractivity contribution in [3.05, 3.63) is 82.5 Å². The topological polar surface area (TPSA) is 88.9 Å². The van der Waals surface area contributed by atoms with Crippen molar-refractivity contribution in [2.45, 2.75) is 0 Å². The summed E-state index contributed by atoms with van der Waals surface area (Å²) >= 11 is 7.58. The third-order valence-electron chi connectivity index (χ3n) is 4.25. The van der Waals surface area contributed by atoms with Crippen LogP contribution in [0.1, 0.15) is 21.0 Å². The SMILES string of the molecule is CNC(=O)c1cc(NC(=O)c2nc(-c3cccs3)n(-c3ccccc3)n2)ccc1Cl. The number of carbonyl (C=O) groups excluding carboxylic acids is 2. The van der Waals surface area contributed by atoms with E-state index in [4.69, 9.17) is 11.6 Å². The molecule has 0 unspecified atom stereocenters. The van der Waals surface area contributed by atoms with E-state index in [9.17, 15) is 9.59 Å². The Bertz CT molecular complexity index is 1210. The zero-order valence-electron chi connectivity index (χ0n) is 15.8. The number of hydrogen-bond acceptors (Lipinski definition) is 5. The lowest BCUT2D eigenvalue weighted by molar-refractivity contribution is 0.0961. The monoisotopic (exact) mass is 437 g/mol. The normalized spacial score (nSPS) is 10.6. The van der Waals surface area contributed by atoms with Gasteiger partial charge in [-0.2, -0.15) is 0 Å². The predicted molar refractivity (Wildman–Crippen MR) is 117 cm³/mol. The van der Waals surface area contributed by atoms with Crippen molar-refractivity contribution >= 4 is 40.4 Å². The van der Waals surface area contributed by atoms with Gasteiger partial charge in [0.2, 0.25) is 5.82 Å². The van der Waals surface area contributed by atoms with Gasteiger partial charge in [0.15, 0.2) is 5.82 Å². The van der Waals surface area contributed by atoms with E-state index in [0.717, 1.165) is 10.6 Å². The Morgan fingerprint density at radius 2 is 1.83 bits per heavy atom. The van der Waals surface area contributed by atoms with Gasteiger partial charge in [0, 0.05) is 12.7 Å². The van der Waals surface area contributed by atoms with Crippen LogP contribution in [0.15, 0.2) is 66.0 Å². The van der Waals surface area contributed by atoms with Crippen molar-refractivity contribution < 1.29 is 9.59 Å². The van der Waals surface area contributed by atoms with Crippen molar-refractivity contribution in [1.29, 1.82) is 0 Å². The molecule has 0 spiro atoms. The Hall–Kier alpha value is -3.49. The number of aromatic nitrogens is 3. The van der Waals surface area contributed by atoms with Crippen LogP contribution in [-0.4, -0.2) is 33.6 Å². The number of carbonyl (C=O) groups is 2. The number of rotatable bonds is 5. The number of halogens is 1.